The molecule has 1 unspecified atom stereocenters. The molecule has 1 aliphatic heterocycles. The van der Waals surface area contributed by atoms with Crippen molar-refractivity contribution < 1.29 is 22.7 Å². The molecule has 0 amide bonds. The first-order chi connectivity index (χ1) is 15.1. The summed E-state index contributed by atoms with van der Waals surface area (Å²) in [6, 6.07) is 3.72. The van der Waals surface area contributed by atoms with Crippen molar-refractivity contribution in [1.82, 2.24) is 20.0 Å². The molecule has 1 aromatic carbocycles. The summed E-state index contributed by atoms with van der Waals surface area (Å²) in [5.74, 6) is 0.552. The van der Waals surface area contributed by atoms with Crippen LogP contribution < -0.4 is 15.0 Å². The van der Waals surface area contributed by atoms with E-state index >= 15 is 0 Å². The predicted molar refractivity (Wildman–Crippen MR) is 117 cm³/mol. The van der Waals surface area contributed by atoms with E-state index in [1.165, 1.54) is 6.92 Å². The van der Waals surface area contributed by atoms with Gasteiger partial charge in [0, 0.05) is 44.5 Å². The highest BCUT2D eigenvalue weighted by Crippen LogP contribution is 2.37. The van der Waals surface area contributed by atoms with E-state index in [1.807, 2.05) is 19.2 Å². The van der Waals surface area contributed by atoms with Crippen LogP contribution in [-0.2, 0) is 17.5 Å². The minimum atomic E-state index is -4.70. The molecular weight excluding hydrogens is 470 g/mol. The van der Waals surface area contributed by atoms with E-state index in [1.54, 1.807) is 12.0 Å². The van der Waals surface area contributed by atoms with Crippen LogP contribution in [0.2, 0.25) is 10.0 Å². The molecule has 1 aliphatic rings. The Morgan fingerprint density at radius 2 is 1.91 bits per heavy atom. The number of hydrogen-bond donors (Lipinski definition) is 1. The topological polar surface area (TPSA) is 62.6 Å². The van der Waals surface area contributed by atoms with Crippen LogP contribution in [0.5, 0.6) is 5.75 Å². The predicted octanol–water partition coefficient (Wildman–Crippen LogP) is 3.76. The first-order valence-electron chi connectivity index (χ1n) is 9.89. The molecule has 0 aliphatic carbocycles. The van der Waals surface area contributed by atoms with E-state index in [0.29, 0.717) is 49.8 Å². The molecule has 1 saturated heterocycles. The molecule has 0 saturated carbocycles. The second-order valence-electron chi connectivity index (χ2n) is 7.41. The van der Waals surface area contributed by atoms with Crippen molar-refractivity contribution >= 4 is 35.2 Å². The van der Waals surface area contributed by atoms with Gasteiger partial charge in [0.2, 0.25) is 0 Å². The van der Waals surface area contributed by atoms with Crippen LogP contribution >= 0.6 is 23.2 Å². The first-order valence-corrected chi connectivity index (χ1v) is 10.6. The minimum absolute atomic E-state index is 0.0947. The van der Waals surface area contributed by atoms with Gasteiger partial charge in [-0.1, -0.05) is 23.2 Å². The van der Waals surface area contributed by atoms with Crippen LogP contribution in [-0.4, -0.2) is 61.3 Å². The Hall–Kier alpha value is -2.01. The van der Waals surface area contributed by atoms with Crippen molar-refractivity contribution in [2.24, 2.45) is 0 Å². The van der Waals surface area contributed by atoms with E-state index in [9.17, 15) is 18.0 Å². The van der Waals surface area contributed by atoms with E-state index in [-0.39, 0.29) is 5.69 Å². The number of methoxy groups -OCH3 is 1. The summed E-state index contributed by atoms with van der Waals surface area (Å²) in [5, 5.41) is 6.74. The number of aromatic nitrogens is 2. The number of piperazine rings is 1. The van der Waals surface area contributed by atoms with Gasteiger partial charge in [-0.05, 0) is 25.6 Å². The number of aldehydes is 1. The lowest BCUT2D eigenvalue weighted by Crippen LogP contribution is -2.50. The van der Waals surface area contributed by atoms with Crippen LogP contribution in [0.25, 0.3) is 0 Å². The second kappa shape index (κ2) is 9.86. The van der Waals surface area contributed by atoms with Crippen molar-refractivity contribution in [1.29, 1.82) is 0 Å². The van der Waals surface area contributed by atoms with Crippen LogP contribution in [0, 0.1) is 6.92 Å². The number of nitrogens with one attached hydrogen (secondary N) is 1. The number of alkyl halides is 3. The maximum Gasteiger partial charge on any atom is 0.436 e. The van der Waals surface area contributed by atoms with Crippen molar-refractivity contribution in [2.75, 3.05) is 45.2 Å². The Kier molecular flexibility index (Phi) is 7.59. The standard InChI is InChI=1S/C20H24Cl2F3N5O2/c1-12-18(22)19(20(23,24)25)27-30(12)17(11-31)29-6-4-28(5-7-29)15-9-16(32-3)14(21)8-13(15)10-26-2/h8-9,11,17,26H,4-7,10H2,1-3H3. The number of benzene rings is 1. The largest absolute Gasteiger partial charge is 0.495 e. The average molecular weight is 494 g/mol. The second-order valence-corrected chi connectivity index (χ2v) is 8.19. The first kappa shape index (κ1) is 24.6. The summed E-state index contributed by atoms with van der Waals surface area (Å²) in [6.45, 7) is 3.98. The molecule has 1 aromatic heterocycles. The van der Waals surface area contributed by atoms with E-state index in [4.69, 9.17) is 27.9 Å². The molecule has 1 N–H and O–H groups in total. The zero-order chi connectivity index (χ0) is 23.6. The van der Waals surface area contributed by atoms with Crippen molar-refractivity contribution in [3.8, 4) is 5.75 Å². The number of halogens is 5. The highest BCUT2D eigenvalue weighted by atomic mass is 35.5. The highest BCUT2D eigenvalue weighted by molar-refractivity contribution is 6.32. The van der Waals surface area contributed by atoms with Crippen LogP contribution in [0.15, 0.2) is 12.1 Å². The Bertz CT molecular complexity index is 975. The molecule has 0 radical (unpaired) electrons. The molecule has 0 bridgehead atoms. The normalized spacial score (nSPS) is 16.3. The number of carbonyl (C=O) groups is 1. The lowest BCUT2D eigenvalue weighted by Gasteiger charge is -2.39. The fraction of sp³-hybridized carbons (Fsp3) is 0.500. The summed E-state index contributed by atoms with van der Waals surface area (Å²) in [5.41, 5.74) is 0.841. The quantitative estimate of drug-likeness (QED) is 0.592. The van der Waals surface area contributed by atoms with Gasteiger partial charge >= 0.3 is 6.18 Å². The maximum absolute atomic E-state index is 13.2. The molecular formula is C20H24Cl2F3N5O2. The van der Waals surface area contributed by atoms with Gasteiger partial charge in [0.1, 0.15) is 5.75 Å². The van der Waals surface area contributed by atoms with Gasteiger partial charge in [-0.3, -0.25) is 9.69 Å². The summed E-state index contributed by atoms with van der Waals surface area (Å²) >= 11 is 12.1. The van der Waals surface area contributed by atoms with Gasteiger partial charge in [-0.25, -0.2) is 4.68 Å². The average Bonchev–Trinajstić information content (AvgIpc) is 3.05. The van der Waals surface area contributed by atoms with Crippen LogP contribution in [0.4, 0.5) is 18.9 Å². The fourth-order valence-electron chi connectivity index (χ4n) is 3.83. The van der Waals surface area contributed by atoms with E-state index < -0.39 is 23.1 Å². The van der Waals surface area contributed by atoms with Gasteiger partial charge in [0.25, 0.3) is 0 Å². The summed E-state index contributed by atoms with van der Waals surface area (Å²) in [4.78, 5) is 15.8. The molecule has 0 spiro atoms. The smallest absolute Gasteiger partial charge is 0.436 e. The number of rotatable bonds is 7. The summed E-state index contributed by atoms with van der Waals surface area (Å²) in [6.07, 6.45) is -5.09. The maximum atomic E-state index is 13.2. The molecule has 176 valence electrons. The number of hydrogen-bond acceptors (Lipinski definition) is 6. The summed E-state index contributed by atoms with van der Waals surface area (Å²) < 4.78 is 46.0. The van der Waals surface area contributed by atoms with Crippen molar-refractivity contribution in [3.63, 3.8) is 0 Å². The number of carbonyl (C=O) groups excluding carboxylic acids is 1. The van der Waals surface area contributed by atoms with Crippen LogP contribution in [0.1, 0.15) is 23.1 Å². The van der Waals surface area contributed by atoms with Gasteiger partial charge in [0.05, 0.1) is 22.8 Å². The van der Waals surface area contributed by atoms with Gasteiger partial charge in [-0.15, -0.1) is 0 Å². The molecule has 3 rings (SSSR count). The van der Waals surface area contributed by atoms with E-state index in [2.05, 4.69) is 15.3 Å². The molecule has 2 aromatic rings. The Morgan fingerprint density at radius 1 is 1.25 bits per heavy atom. The number of anilines is 1. The Balaban J connectivity index is 1.82. The zero-order valence-corrected chi connectivity index (χ0v) is 19.4. The molecule has 1 atom stereocenters. The van der Waals surface area contributed by atoms with Crippen molar-refractivity contribution in [3.05, 3.63) is 39.1 Å². The Labute approximate surface area is 194 Å². The van der Waals surface area contributed by atoms with Gasteiger partial charge in [0.15, 0.2) is 18.1 Å². The van der Waals surface area contributed by atoms with Gasteiger partial charge < -0.3 is 15.0 Å². The molecule has 12 heteroatoms. The molecule has 7 nitrogen and oxygen atoms in total. The number of nitrogens with zero attached hydrogens (tertiary/aromatic N) is 4. The molecule has 2 heterocycles. The van der Waals surface area contributed by atoms with Crippen molar-refractivity contribution in [2.45, 2.75) is 25.8 Å². The Morgan fingerprint density at radius 3 is 2.41 bits per heavy atom. The van der Waals surface area contributed by atoms with Gasteiger partial charge in [-0.2, -0.15) is 18.3 Å². The fourth-order valence-corrected chi connectivity index (χ4v) is 4.32. The third kappa shape index (κ3) is 4.83. The zero-order valence-electron chi connectivity index (χ0n) is 17.8. The molecule has 32 heavy (non-hydrogen) atoms. The molecule has 1 fully saturated rings. The highest BCUT2D eigenvalue weighted by Gasteiger charge is 2.40. The summed E-state index contributed by atoms with van der Waals surface area (Å²) in [7, 11) is 3.38. The van der Waals surface area contributed by atoms with E-state index in [0.717, 1.165) is 15.9 Å². The minimum Gasteiger partial charge on any atom is -0.495 e. The number of ether oxygens (including phenoxy) is 1. The third-order valence-electron chi connectivity index (χ3n) is 5.47. The SMILES string of the molecule is CNCc1cc(Cl)c(OC)cc1N1CCN(C(C=O)n2nc(C(F)(F)F)c(Cl)c2C)CC1. The monoisotopic (exact) mass is 493 g/mol. The van der Waals surface area contributed by atoms with Crippen LogP contribution in [0.3, 0.4) is 0 Å². The third-order valence-corrected chi connectivity index (χ3v) is 6.21. The lowest BCUT2D eigenvalue weighted by molar-refractivity contribution is -0.142. The lowest BCUT2D eigenvalue weighted by atomic mass is 10.1.